The van der Waals surface area contributed by atoms with E-state index in [2.05, 4.69) is 5.32 Å². The van der Waals surface area contributed by atoms with E-state index in [-0.39, 0.29) is 24.2 Å². The molecule has 10 heteroatoms. The van der Waals surface area contributed by atoms with Gasteiger partial charge in [-0.2, -0.15) is 0 Å². The number of hydrogen-bond donors (Lipinski definition) is 1. The lowest BCUT2D eigenvalue weighted by Crippen LogP contribution is -2.53. The van der Waals surface area contributed by atoms with Gasteiger partial charge in [0.1, 0.15) is 30.8 Å². The molecule has 0 bridgehead atoms. The van der Waals surface area contributed by atoms with E-state index < -0.39 is 40.2 Å². The molecule has 0 aliphatic heterocycles. The summed E-state index contributed by atoms with van der Waals surface area (Å²) in [6, 6.07) is 30.2. The highest BCUT2D eigenvalue weighted by Gasteiger charge is 2.33. The first kappa shape index (κ1) is 33.2. The summed E-state index contributed by atoms with van der Waals surface area (Å²) in [4.78, 5) is 28.9. The van der Waals surface area contributed by atoms with Crippen LogP contribution in [0.3, 0.4) is 0 Å². The third kappa shape index (κ3) is 9.64. The molecule has 1 N–H and O–H groups in total. The molecule has 1 atom stereocenters. The minimum Gasteiger partial charge on any atom is -0.489 e. The van der Waals surface area contributed by atoms with Crippen molar-refractivity contribution < 1.29 is 27.1 Å². The van der Waals surface area contributed by atoms with E-state index >= 15 is 0 Å². The van der Waals surface area contributed by atoms with Crippen molar-refractivity contribution in [3.63, 3.8) is 0 Å². The quantitative estimate of drug-likeness (QED) is 0.191. The largest absolute Gasteiger partial charge is 0.489 e. The highest BCUT2D eigenvalue weighted by atomic mass is 32.2. The highest BCUT2D eigenvalue weighted by molar-refractivity contribution is 7.92. The molecule has 0 fully saturated rings. The molecule has 0 radical (unpaired) electrons. The number of halogens is 1. The van der Waals surface area contributed by atoms with Crippen molar-refractivity contribution in [1.29, 1.82) is 0 Å². The minimum atomic E-state index is -3.94. The Morgan fingerprint density at radius 3 is 2.04 bits per heavy atom. The second kappa shape index (κ2) is 15.9. The summed E-state index contributed by atoms with van der Waals surface area (Å²) >= 11 is 0. The van der Waals surface area contributed by atoms with Gasteiger partial charge in [0, 0.05) is 25.1 Å². The van der Waals surface area contributed by atoms with Crippen molar-refractivity contribution in [2.75, 3.05) is 23.7 Å². The van der Waals surface area contributed by atoms with Crippen molar-refractivity contribution in [1.82, 2.24) is 10.2 Å². The van der Waals surface area contributed by atoms with E-state index in [1.165, 1.54) is 11.0 Å². The average molecular weight is 632 g/mol. The van der Waals surface area contributed by atoms with E-state index in [4.69, 9.17) is 4.74 Å². The zero-order valence-electron chi connectivity index (χ0n) is 25.4. The van der Waals surface area contributed by atoms with Crippen LogP contribution in [-0.2, 0) is 39.2 Å². The Kier molecular flexibility index (Phi) is 11.7. The van der Waals surface area contributed by atoms with Gasteiger partial charge >= 0.3 is 0 Å². The van der Waals surface area contributed by atoms with Gasteiger partial charge in [-0.25, -0.2) is 12.8 Å². The molecule has 0 aromatic heterocycles. The van der Waals surface area contributed by atoms with Gasteiger partial charge in [-0.1, -0.05) is 85.8 Å². The van der Waals surface area contributed by atoms with Gasteiger partial charge in [-0.05, 0) is 47.9 Å². The normalized spacial score (nSPS) is 11.8. The van der Waals surface area contributed by atoms with Gasteiger partial charge in [0.05, 0.1) is 11.9 Å². The molecule has 4 aromatic rings. The van der Waals surface area contributed by atoms with Crippen LogP contribution in [-0.4, -0.2) is 50.5 Å². The van der Waals surface area contributed by atoms with Crippen molar-refractivity contribution in [2.24, 2.45) is 0 Å². The van der Waals surface area contributed by atoms with Gasteiger partial charge in [0.2, 0.25) is 21.8 Å². The Labute approximate surface area is 264 Å². The average Bonchev–Trinajstić information content (AvgIpc) is 3.04. The number of carbonyl (C=O) groups excluding carboxylic acids is 2. The molecule has 236 valence electrons. The SMILES string of the molecule is CCCNC(=O)C(Cc1ccccc1)N(Cc1ccccc1F)C(=O)CN(c1ccc(OCc2ccccc2)cc1)S(C)(=O)=O. The van der Waals surface area contributed by atoms with Gasteiger partial charge in [0.25, 0.3) is 0 Å². The van der Waals surface area contributed by atoms with Gasteiger partial charge < -0.3 is 15.0 Å². The number of benzene rings is 4. The number of anilines is 1. The fraction of sp³-hybridized carbons (Fsp3) is 0.257. The zero-order valence-corrected chi connectivity index (χ0v) is 26.3. The molecule has 4 rings (SSSR count). The molecular weight excluding hydrogens is 593 g/mol. The number of amides is 2. The lowest BCUT2D eigenvalue weighted by Gasteiger charge is -2.33. The second-order valence-electron chi connectivity index (χ2n) is 10.6. The van der Waals surface area contributed by atoms with Crippen LogP contribution in [0.2, 0.25) is 0 Å². The lowest BCUT2D eigenvalue weighted by molar-refractivity contribution is -0.140. The van der Waals surface area contributed by atoms with E-state index in [0.29, 0.717) is 25.3 Å². The molecule has 8 nitrogen and oxygen atoms in total. The molecular formula is C35H38FN3O5S. The number of ether oxygens (including phenoxy) is 1. The molecule has 0 heterocycles. The Morgan fingerprint density at radius 2 is 1.44 bits per heavy atom. The predicted octanol–water partition coefficient (Wildman–Crippen LogP) is 5.34. The summed E-state index contributed by atoms with van der Waals surface area (Å²) in [6.45, 7) is 1.81. The Bertz CT molecular complexity index is 1650. The maximum absolute atomic E-state index is 14.9. The first-order valence-electron chi connectivity index (χ1n) is 14.7. The molecule has 0 aliphatic rings. The summed E-state index contributed by atoms with van der Waals surface area (Å²) < 4.78 is 47.7. The summed E-state index contributed by atoms with van der Waals surface area (Å²) in [5.41, 5.74) is 2.23. The number of nitrogens with zero attached hydrogens (tertiary/aromatic N) is 2. The molecule has 2 amide bonds. The Morgan fingerprint density at radius 1 is 0.844 bits per heavy atom. The van der Waals surface area contributed by atoms with Crippen molar-refractivity contribution in [2.45, 2.75) is 39.0 Å². The fourth-order valence-electron chi connectivity index (χ4n) is 4.79. The van der Waals surface area contributed by atoms with Crippen LogP contribution in [0, 0.1) is 5.82 Å². The maximum Gasteiger partial charge on any atom is 0.244 e. The number of carbonyl (C=O) groups is 2. The van der Waals surface area contributed by atoms with Gasteiger partial charge in [0.15, 0.2) is 0 Å². The smallest absolute Gasteiger partial charge is 0.244 e. The number of sulfonamides is 1. The summed E-state index contributed by atoms with van der Waals surface area (Å²) in [5, 5.41) is 2.86. The Hall–Kier alpha value is -4.70. The zero-order chi connectivity index (χ0) is 32.2. The fourth-order valence-corrected chi connectivity index (χ4v) is 5.64. The van der Waals surface area contributed by atoms with Crippen molar-refractivity contribution >= 4 is 27.5 Å². The highest BCUT2D eigenvalue weighted by Crippen LogP contribution is 2.24. The topological polar surface area (TPSA) is 96.0 Å². The Balaban J connectivity index is 1.64. The molecule has 0 spiro atoms. The first-order chi connectivity index (χ1) is 21.7. The van der Waals surface area contributed by atoms with Crippen molar-refractivity contribution in [3.8, 4) is 5.75 Å². The van der Waals surface area contributed by atoms with Crippen LogP contribution in [0.1, 0.15) is 30.0 Å². The van der Waals surface area contributed by atoms with Crippen molar-refractivity contribution in [3.05, 3.63) is 132 Å². The molecule has 0 saturated carbocycles. The van der Waals surface area contributed by atoms with Crippen LogP contribution in [0.4, 0.5) is 10.1 Å². The monoisotopic (exact) mass is 631 g/mol. The van der Waals surface area contributed by atoms with Crippen LogP contribution in [0.5, 0.6) is 5.75 Å². The number of nitrogens with one attached hydrogen (secondary N) is 1. The number of rotatable bonds is 15. The first-order valence-corrected chi connectivity index (χ1v) is 16.6. The van der Waals surface area contributed by atoms with Gasteiger partial charge in [-0.15, -0.1) is 0 Å². The van der Waals surface area contributed by atoms with E-state index in [1.54, 1.807) is 42.5 Å². The molecule has 0 aliphatic carbocycles. The third-order valence-electron chi connectivity index (χ3n) is 7.17. The van der Waals surface area contributed by atoms with Crippen LogP contribution in [0.15, 0.2) is 109 Å². The lowest BCUT2D eigenvalue weighted by atomic mass is 10.0. The molecule has 4 aromatic carbocycles. The summed E-state index contributed by atoms with van der Waals surface area (Å²) in [6.07, 6.45) is 1.84. The number of hydrogen-bond acceptors (Lipinski definition) is 5. The van der Waals surface area contributed by atoms with E-state index in [9.17, 15) is 22.4 Å². The molecule has 45 heavy (non-hydrogen) atoms. The summed E-state index contributed by atoms with van der Waals surface area (Å²) in [5.74, 6) is -1.07. The maximum atomic E-state index is 14.9. The standard InChI is InChI=1S/C35H38FN3O5S/c1-3-22-37-35(41)33(23-27-12-6-4-7-13-27)38(24-29-16-10-11-17-32(29)36)34(40)25-39(45(2,42)43)30-18-20-31(21-19-30)44-26-28-14-8-5-9-15-28/h4-21,33H,3,22-26H2,1-2H3,(H,37,41). The van der Waals surface area contributed by atoms with Crippen LogP contribution < -0.4 is 14.4 Å². The predicted molar refractivity (Wildman–Crippen MR) is 174 cm³/mol. The molecule has 1 unspecified atom stereocenters. The summed E-state index contributed by atoms with van der Waals surface area (Å²) in [7, 11) is -3.94. The third-order valence-corrected chi connectivity index (χ3v) is 8.31. The van der Waals surface area contributed by atoms with Crippen LogP contribution in [0.25, 0.3) is 0 Å². The van der Waals surface area contributed by atoms with Gasteiger partial charge in [-0.3, -0.25) is 13.9 Å². The van der Waals surface area contributed by atoms with Crippen LogP contribution >= 0.6 is 0 Å². The van der Waals surface area contributed by atoms with E-state index in [1.807, 2.05) is 67.6 Å². The molecule has 0 saturated heterocycles. The second-order valence-corrected chi connectivity index (χ2v) is 12.6. The minimum absolute atomic E-state index is 0.156. The van der Waals surface area contributed by atoms with E-state index in [0.717, 1.165) is 21.7 Å².